The summed E-state index contributed by atoms with van der Waals surface area (Å²) in [5, 5.41) is 0. The predicted molar refractivity (Wildman–Crippen MR) is 125 cm³/mol. The molecule has 0 N–H and O–H groups in total. The lowest BCUT2D eigenvalue weighted by atomic mass is 9.64. The van der Waals surface area contributed by atoms with E-state index in [-0.39, 0.29) is 5.78 Å². The lowest BCUT2D eigenvalue weighted by Crippen LogP contribution is -2.70. The van der Waals surface area contributed by atoms with Gasteiger partial charge in [0.1, 0.15) is 0 Å². The van der Waals surface area contributed by atoms with Gasteiger partial charge < -0.3 is 9.47 Å². The SMILES string of the molecule is O=C1c2ccccc2-c2ccccc2C12OC1(c3ccccc3)OC(c3ccccc3)=NC12. The van der Waals surface area contributed by atoms with Crippen molar-refractivity contribution in [3.63, 3.8) is 0 Å². The summed E-state index contributed by atoms with van der Waals surface area (Å²) >= 11 is 0. The van der Waals surface area contributed by atoms with Gasteiger partial charge in [-0.25, -0.2) is 4.99 Å². The highest BCUT2D eigenvalue weighted by molar-refractivity contribution is 6.13. The van der Waals surface area contributed by atoms with Crippen molar-refractivity contribution < 1.29 is 14.3 Å². The largest absolute Gasteiger partial charge is 0.438 e. The fourth-order valence-electron chi connectivity index (χ4n) is 5.41. The number of nitrogens with zero attached hydrogens (tertiary/aromatic N) is 1. The van der Waals surface area contributed by atoms with Gasteiger partial charge in [-0.15, -0.1) is 0 Å². The van der Waals surface area contributed by atoms with Crippen molar-refractivity contribution in [3.05, 3.63) is 131 Å². The van der Waals surface area contributed by atoms with Crippen LogP contribution in [0.4, 0.5) is 0 Å². The lowest BCUT2D eigenvalue weighted by molar-refractivity contribution is -0.357. The molecule has 1 saturated heterocycles. The molecule has 0 aromatic heterocycles. The summed E-state index contributed by atoms with van der Waals surface area (Å²) in [5.41, 5.74) is 3.89. The third-order valence-electron chi connectivity index (χ3n) is 6.88. The Kier molecular flexibility index (Phi) is 3.65. The highest BCUT2D eigenvalue weighted by atomic mass is 16.7. The molecule has 0 amide bonds. The van der Waals surface area contributed by atoms with Crippen LogP contribution in [0.5, 0.6) is 0 Å². The predicted octanol–water partition coefficient (Wildman–Crippen LogP) is 5.47. The monoisotopic (exact) mass is 429 g/mol. The summed E-state index contributed by atoms with van der Waals surface area (Å²) in [5.74, 6) is -0.734. The second-order valence-electron chi connectivity index (χ2n) is 8.60. The van der Waals surface area contributed by atoms with Gasteiger partial charge in [-0.2, -0.15) is 0 Å². The molecule has 0 bridgehead atoms. The van der Waals surface area contributed by atoms with E-state index in [2.05, 4.69) is 0 Å². The summed E-state index contributed by atoms with van der Waals surface area (Å²) in [6.45, 7) is 0. The van der Waals surface area contributed by atoms with E-state index in [0.717, 1.165) is 27.8 Å². The summed E-state index contributed by atoms with van der Waals surface area (Å²) < 4.78 is 13.2. The number of fused-ring (bicyclic) bond motifs is 6. The molecule has 7 rings (SSSR count). The number of benzene rings is 4. The van der Waals surface area contributed by atoms with Crippen molar-refractivity contribution in [2.75, 3.05) is 0 Å². The molecule has 2 heterocycles. The fraction of sp³-hybridized carbons (Fsp3) is 0.103. The smallest absolute Gasteiger partial charge is 0.266 e. The lowest BCUT2D eigenvalue weighted by Gasteiger charge is -2.57. The number of hydrogen-bond acceptors (Lipinski definition) is 4. The van der Waals surface area contributed by atoms with Gasteiger partial charge in [0.25, 0.3) is 5.79 Å². The molecule has 0 saturated carbocycles. The number of ether oxygens (including phenoxy) is 2. The topological polar surface area (TPSA) is 47.9 Å². The molecule has 158 valence electrons. The number of carbonyl (C=O) groups is 1. The van der Waals surface area contributed by atoms with E-state index in [1.807, 2.05) is 109 Å². The van der Waals surface area contributed by atoms with Crippen molar-refractivity contribution in [2.45, 2.75) is 17.4 Å². The minimum absolute atomic E-state index is 0.0741. The maximum Gasteiger partial charge on any atom is 0.266 e. The van der Waals surface area contributed by atoms with Crippen molar-refractivity contribution in [3.8, 4) is 11.1 Å². The van der Waals surface area contributed by atoms with Gasteiger partial charge in [0.05, 0.1) is 0 Å². The summed E-state index contributed by atoms with van der Waals surface area (Å²) in [6, 6.07) is 34.7. The summed E-state index contributed by atoms with van der Waals surface area (Å²) in [7, 11) is 0. The van der Waals surface area contributed by atoms with Crippen LogP contribution in [0.3, 0.4) is 0 Å². The molecule has 2 aliphatic heterocycles. The Morgan fingerprint density at radius 3 is 2.03 bits per heavy atom. The Bertz CT molecular complexity index is 1450. The maximum atomic E-state index is 14.1. The molecule has 1 fully saturated rings. The quantitative estimate of drug-likeness (QED) is 0.424. The molecular formula is C29H19NO3. The van der Waals surface area contributed by atoms with Gasteiger partial charge in [-0.1, -0.05) is 97.1 Å². The first-order valence-electron chi connectivity index (χ1n) is 11.1. The molecule has 1 aliphatic carbocycles. The Morgan fingerprint density at radius 1 is 0.667 bits per heavy atom. The van der Waals surface area contributed by atoms with E-state index in [4.69, 9.17) is 14.5 Å². The van der Waals surface area contributed by atoms with E-state index in [9.17, 15) is 4.79 Å². The molecular weight excluding hydrogens is 410 g/mol. The third-order valence-corrected chi connectivity index (χ3v) is 6.88. The van der Waals surface area contributed by atoms with Crippen molar-refractivity contribution in [2.24, 2.45) is 4.99 Å². The average molecular weight is 429 g/mol. The summed E-state index contributed by atoms with van der Waals surface area (Å²) in [4.78, 5) is 19.1. The Balaban J connectivity index is 1.47. The number of carbonyl (C=O) groups excluding carboxylic acids is 1. The van der Waals surface area contributed by atoms with Crippen molar-refractivity contribution >= 4 is 11.7 Å². The molecule has 3 aliphatic rings. The minimum atomic E-state index is -1.24. The molecule has 0 radical (unpaired) electrons. The Labute approximate surface area is 191 Å². The first-order chi connectivity index (χ1) is 16.2. The van der Waals surface area contributed by atoms with Crippen LogP contribution in [0.15, 0.2) is 114 Å². The van der Waals surface area contributed by atoms with Gasteiger partial charge in [-0.3, -0.25) is 4.79 Å². The first kappa shape index (κ1) is 18.5. The third kappa shape index (κ3) is 2.28. The van der Waals surface area contributed by atoms with Crippen LogP contribution in [-0.2, 0) is 20.9 Å². The zero-order chi connectivity index (χ0) is 22.0. The van der Waals surface area contributed by atoms with Crippen LogP contribution < -0.4 is 0 Å². The highest BCUT2D eigenvalue weighted by Crippen LogP contribution is 2.63. The van der Waals surface area contributed by atoms with Gasteiger partial charge in [0.2, 0.25) is 11.7 Å². The molecule has 4 aromatic carbocycles. The number of Topliss-reactive ketones (excluding diaryl/α,β-unsaturated/α-hetero) is 1. The van der Waals surface area contributed by atoms with Gasteiger partial charge in [0, 0.05) is 22.3 Å². The number of rotatable bonds is 2. The Hall–Kier alpha value is -4.02. The van der Waals surface area contributed by atoms with Gasteiger partial charge in [-0.05, 0) is 23.3 Å². The zero-order valence-corrected chi connectivity index (χ0v) is 17.6. The van der Waals surface area contributed by atoms with Crippen LogP contribution >= 0.6 is 0 Å². The summed E-state index contributed by atoms with van der Waals surface area (Å²) in [6.07, 6.45) is 0. The molecule has 3 atom stereocenters. The van der Waals surface area contributed by atoms with E-state index in [1.54, 1.807) is 0 Å². The molecule has 4 heteroatoms. The molecule has 1 spiro atoms. The molecule has 4 nitrogen and oxygen atoms in total. The van der Waals surface area contributed by atoms with Crippen molar-refractivity contribution in [1.82, 2.24) is 0 Å². The second kappa shape index (κ2) is 6.50. The average Bonchev–Trinajstić information content (AvgIpc) is 3.20. The van der Waals surface area contributed by atoms with E-state index < -0.39 is 17.4 Å². The standard InChI is InChI=1S/C29H19NO3/c31-25-23-17-8-7-15-21(23)22-16-9-10-18-24(22)28(25)27-29(33-28,20-13-5-2-6-14-20)32-26(30-27)19-11-3-1-4-12-19/h1-18,27H. The normalized spacial score (nSPS) is 26.5. The van der Waals surface area contributed by atoms with Gasteiger partial charge >= 0.3 is 0 Å². The molecule has 4 aromatic rings. The number of aliphatic imine (C=N–C) groups is 1. The fourth-order valence-corrected chi connectivity index (χ4v) is 5.41. The van der Waals surface area contributed by atoms with Crippen LogP contribution in [0, 0.1) is 0 Å². The number of ketones is 1. The Morgan fingerprint density at radius 2 is 1.27 bits per heavy atom. The maximum absolute atomic E-state index is 14.1. The minimum Gasteiger partial charge on any atom is -0.438 e. The van der Waals surface area contributed by atoms with Crippen LogP contribution in [0.2, 0.25) is 0 Å². The van der Waals surface area contributed by atoms with Crippen LogP contribution in [0.1, 0.15) is 27.0 Å². The van der Waals surface area contributed by atoms with Gasteiger partial charge in [0.15, 0.2) is 11.6 Å². The zero-order valence-electron chi connectivity index (χ0n) is 17.6. The number of hydrogen-bond donors (Lipinski definition) is 0. The first-order valence-corrected chi connectivity index (χ1v) is 11.1. The second-order valence-corrected chi connectivity index (χ2v) is 8.60. The van der Waals surface area contributed by atoms with Crippen LogP contribution in [-0.4, -0.2) is 17.7 Å². The highest BCUT2D eigenvalue weighted by Gasteiger charge is 2.76. The van der Waals surface area contributed by atoms with E-state index in [0.29, 0.717) is 11.5 Å². The molecule has 33 heavy (non-hydrogen) atoms. The van der Waals surface area contributed by atoms with Crippen molar-refractivity contribution in [1.29, 1.82) is 0 Å². The molecule has 3 unspecified atom stereocenters. The van der Waals surface area contributed by atoms with E-state index >= 15 is 0 Å². The van der Waals surface area contributed by atoms with Crippen LogP contribution in [0.25, 0.3) is 11.1 Å². The van der Waals surface area contributed by atoms with E-state index in [1.165, 1.54) is 0 Å².